The summed E-state index contributed by atoms with van der Waals surface area (Å²) in [7, 11) is 0. The molecule has 2 aliphatic heterocycles. The number of halogens is 4. The van der Waals surface area contributed by atoms with Gasteiger partial charge in [0.05, 0.1) is 33.3 Å². The molecule has 0 unspecified atom stereocenters. The van der Waals surface area contributed by atoms with Crippen molar-refractivity contribution in [3.8, 4) is 0 Å². The van der Waals surface area contributed by atoms with E-state index >= 15 is 8.78 Å². The summed E-state index contributed by atoms with van der Waals surface area (Å²) in [5, 5.41) is 23.0. The van der Waals surface area contributed by atoms with E-state index in [9.17, 15) is 20.2 Å². The lowest BCUT2D eigenvalue weighted by Crippen LogP contribution is -2.31. The first-order chi connectivity index (χ1) is 18.7. The molecule has 3 aromatic carbocycles. The fourth-order valence-electron chi connectivity index (χ4n) is 5.66. The molecule has 0 spiro atoms. The Hall–Kier alpha value is -3.50. The second-order valence-electron chi connectivity index (χ2n) is 9.75. The number of rotatable bonds is 6. The molecule has 0 radical (unpaired) electrons. The summed E-state index contributed by atoms with van der Waals surface area (Å²) < 4.78 is 31.4. The fraction of sp³-hybridized carbons (Fsp3) is 0.333. The van der Waals surface area contributed by atoms with Crippen LogP contribution in [0.15, 0.2) is 48.5 Å². The summed E-state index contributed by atoms with van der Waals surface area (Å²) in [5.41, 5.74) is 0.552. The largest absolute Gasteiger partial charge is 0.369 e. The molecule has 0 amide bonds. The van der Waals surface area contributed by atoms with E-state index in [2.05, 4.69) is 0 Å². The number of hydrogen-bond donors (Lipinski definition) is 0. The molecule has 2 heterocycles. The Kier molecular flexibility index (Phi) is 7.59. The van der Waals surface area contributed by atoms with Crippen molar-refractivity contribution in [1.82, 2.24) is 0 Å². The molecule has 3 aromatic rings. The molecule has 204 valence electrons. The Morgan fingerprint density at radius 2 is 1.18 bits per heavy atom. The Bertz CT molecular complexity index is 1380. The van der Waals surface area contributed by atoms with Gasteiger partial charge in [-0.15, -0.1) is 0 Å². The topological polar surface area (TPSA) is 92.8 Å². The van der Waals surface area contributed by atoms with Crippen molar-refractivity contribution < 1.29 is 18.6 Å². The zero-order valence-corrected chi connectivity index (χ0v) is 22.2. The average molecular weight is 577 g/mol. The fourth-order valence-corrected chi connectivity index (χ4v) is 6.03. The lowest BCUT2D eigenvalue weighted by molar-refractivity contribution is -0.384. The maximum Gasteiger partial charge on any atom is 0.288 e. The zero-order chi connectivity index (χ0) is 27.8. The smallest absolute Gasteiger partial charge is 0.288 e. The van der Waals surface area contributed by atoms with Crippen LogP contribution in [0.4, 0.5) is 31.5 Å². The molecule has 2 fully saturated rings. The van der Waals surface area contributed by atoms with Crippen LogP contribution < -0.4 is 9.80 Å². The molecule has 0 N–H and O–H groups in total. The number of nitrogens with zero attached hydrogens (tertiary/aromatic N) is 4. The standard InChI is InChI=1S/C27H24Cl2F2N4O4/c28-18-6-4-16(12-24(18)34(36)37)22-8-9-23(17-5-7-19(29)25(13-17)35(38)39)33(22)27-15-20(30)26(14-21(27)31)32-10-2-1-3-11-32/h4-7,12-15,22-23H,1-3,8-11H2/t22-,23-/m1/s1. The van der Waals surface area contributed by atoms with Crippen molar-refractivity contribution >= 4 is 46.0 Å². The summed E-state index contributed by atoms with van der Waals surface area (Å²) in [5.74, 6) is -1.23. The predicted octanol–water partition coefficient (Wildman–Crippen LogP) is 8.16. The van der Waals surface area contributed by atoms with Gasteiger partial charge in [0.1, 0.15) is 21.7 Å². The molecule has 0 aromatic heterocycles. The first-order valence-electron chi connectivity index (χ1n) is 12.6. The summed E-state index contributed by atoms with van der Waals surface area (Å²) in [6.45, 7) is 1.26. The molecule has 2 saturated heterocycles. The lowest BCUT2D eigenvalue weighted by Gasteiger charge is -2.35. The van der Waals surface area contributed by atoms with Gasteiger partial charge < -0.3 is 9.80 Å². The van der Waals surface area contributed by atoms with Crippen LogP contribution >= 0.6 is 23.2 Å². The van der Waals surface area contributed by atoms with Crippen LogP contribution in [0.1, 0.15) is 55.3 Å². The van der Waals surface area contributed by atoms with Gasteiger partial charge in [-0.3, -0.25) is 20.2 Å². The van der Waals surface area contributed by atoms with E-state index in [4.69, 9.17) is 23.2 Å². The molecule has 2 aliphatic rings. The van der Waals surface area contributed by atoms with Gasteiger partial charge in [0.25, 0.3) is 11.4 Å². The Labute approximate surface area is 233 Å². The number of benzene rings is 3. The number of anilines is 2. The van der Waals surface area contributed by atoms with Crippen molar-refractivity contribution in [3.63, 3.8) is 0 Å². The van der Waals surface area contributed by atoms with E-state index < -0.39 is 33.6 Å². The van der Waals surface area contributed by atoms with E-state index in [0.717, 1.165) is 25.3 Å². The van der Waals surface area contributed by atoms with Crippen molar-refractivity contribution in [2.45, 2.75) is 44.2 Å². The number of piperidine rings is 1. The second kappa shape index (κ2) is 10.9. The second-order valence-corrected chi connectivity index (χ2v) is 10.6. The Morgan fingerprint density at radius 1 is 0.718 bits per heavy atom. The molecular formula is C27H24Cl2F2N4O4. The molecule has 0 aliphatic carbocycles. The van der Waals surface area contributed by atoms with Gasteiger partial charge >= 0.3 is 0 Å². The highest BCUT2D eigenvalue weighted by Crippen LogP contribution is 2.50. The molecule has 0 bridgehead atoms. The van der Waals surface area contributed by atoms with Gasteiger partial charge in [0.2, 0.25) is 0 Å². The number of hydrogen-bond acceptors (Lipinski definition) is 6. The van der Waals surface area contributed by atoms with Crippen LogP contribution in [-0.2, 0) is 0 Å². The van der Waals surface area contributed by atoms with Gasteiger partial charge in [0.15, 0.2) is 0 Å². The lowest BCUT2D eigenvalue weighted by atomic mass is 10.0. The van der Waals surface area contributed by atoms with Crippen LogP contribution in [0, 0.1) is 31.9 Å². The SMILES string of the molecule is O=[N+]([O-])c1cc([C@H]2CC[C@H](c3ccc(Cl)c([N+](=O)[O-])c3)N2c2cc(F)c(N3CCCCC3)cc2F)ccc1Cl. The zero-order valence-electron chi connectivity index (χ0n) is 20.7. The minimum atomic E-state index is -0.652. The Balaban J connectivity index is 1.63. The van der Waals surface area contributed by atoms with E-state index in [1.807, 2.05) is 4.90 Å². The monoisotopic (exact) mass is 576 g/mol. The number of nitro groups is 2. The highest BCUT2D eigenvalue weighted by atomic mass is 35.5. The highest BCUT2D eigenvalue weighted by molar-refractivity contribution is 6.33. The molecule has 39 heavy (non-hydrogen) atoms. The number of nitro benzene ring substituents is 2. The first-order valence-corrected chi connectivity index (χ1v) is 13.3. The van der Waals surface area contributed by atoms with Crippen molar-refractivity contribution in [1.29, 1.82) is 0 Å². The van der Waals surface area contributed by atoms with Crippen molar-refractivity contribution in [2.24, 2.45) is 0 Å². The van der Waals surface area contributed by atoms with E-state index in [1.54, 1.807) is 17.0 Å². The third-order valence-corrected chi connectivity index (χ3v) is 8.12. The van der Waals surface area contributed by atoms with Gasteiger partial charge in [-0.25, -0.2) is 8.78 Å². The molecule has 12 heteroatoms. The van der Waals surface area contributed by atoms with Gasteiger partial charge in [-0.05, 0) is 55.4 Å². The quantitative estimate of drug-likeness (QED) is 0.217. The van der Waals surface area contributed by atoms with E-state index in [1.165, 1.54) is 30.3 Å². The van der Waals surface area contributed by atoms with Gasteiger partial charge in [0, 0.05) is 37.4 Å². The van der Waals surface area contributed by atoms with Crippen molar-refractivity contribution in [3.05, 3.63) is 102 Å². The van der Waals surface area contributed by atoms with Crippen LogP contribution in [0.5, 0.6) is 0 Å². The van der Waals surface area contributed by atoms with Crippen LogP contribution in [0.3, 0.4) is 0 Å². The molecule has 2 atom stereocenters. The van der Waals surface area contributed by atoms with Crippen molar-refractivity contribution in [2.75, 3.05) is 22.9 Å². The van der Waals surface area contributed by atoms with E-state index in [-0.39, 0.29) is 32.8 Å². The van der Waals surface area contributed by atoms with Crippen LogP contribution in [0.2, 0.25) is 10.0 Å². The summed E-state index contributed by atoms with van der Waals surface area (Å²) >= 11 is 12.1. The summed E-state index contributed by atoms with van der Waals surface area (Å²) in [4.78, 5) is 25.4. The summed E-state index contributed by atoms with van der Waals surface area (Å²) in [6, 6.07) is 9.90. The Morgan fingerprint density at radius 3 is 1.67 bits per heavy atom. The predicted molar refractivity (Wildman–Crippen MR) is 146 cm³/mol. The molecule has 0 saturated carbocycles. The minimum absolute atomic E-state index is 0.0315. The van der Waals surface area contributed by atoms with Gasteiger partial charge in [-0.2, -0.15) is 0 Å². The molecule has 5 rings (SSSR count). The maximum absolute atomic E-state index is 15.9. The highest BCUT2D eigenvalue weighted by Gasteiger charge is 2.39. The minimum Gasteiger partial charge on any atom is -0.369 e. The third-order valence-electron chi connectivity index (χ3n) is 7.48. The average Bonchev–Trinajstić information content (AvgIpc) is 3.35. The molecule has 8 nitrogen and oxygen atoms in total. The summed E-state index contributed by atoms with van der Waals surface area (Å²) in [6.07, 6.45) is 3.67. The normalized spacial score (nSPS) is 19.4. The van der Waals surface area contributed by atoms with Crippen LogP contribution in [0.25, 0.3) is 0 Å². The van der Waals surface area contributed by atoms with Gasteiger partial charge in [-0.1, -0.05) is 35.3 Å². The third kappa shape index (κ3) is 5.23. The maximum atomic E-state index is 15.9. The first kappa shape index (κ1) is 27.1. The van der Waals surface area contributed by atoms with Crippen LogP contribution in [-0.4, -0.2) is 22.9 Å². The van der Waals surface area contributed by atoms with E-state index in [0.29, 0.717) is 37.1 Å². The molecular weight excluding hydrogens is 553 g/mol.